The van der Waals surface area contributed by atoms with Crippen LogP contribution in [0.5, 0.6) is 0 Å². The van der Waals surface area contributed by atoms with E-state index in [-0.39, 0.29) is 29.4 Å². The molecular weight excluding hydrogens is 495 g/mol. The molecule has 4 aromatic rings. The lowest BCUT2D eigenvalue weighted by Crippen LogP contribution is -2.14. The lowest BCUT2D eigenvalue weighted by Gasteiger charge is -2.20. The number of nitrogens with zero attached hydrogens (tertiary/aromatic N) is 4. The van der Waals surface area contributed by atoms with E-state index >= 15 is 0 Å². The molecule has 196 valence electrons. The normalized spacial score (nSPS) is 13.5. The van der Waals surface area contributed by atoms with Gasteiger partial charge in [0.05, 0.1) is 41.9 Å². The molecule has 0 amide bonds. The molecule has 0 aliphatic carbocycles. The molecule has 1 N–H and O–H groups in total. The molecule has 6 nitrogen and oxygen atoms in total. The van der Waals surface area contributed by atoms with Gasteiger partial charge in [0, 0.05) is 12.6 Å². The van der Waals surface area contributed by atoms with E-state index in [1.807, 2.05) is 30.3 Å². The lowest BCUT2D eigenvalue weighted by molar-refractivity contribution is 0.0522. The molecule has 2 atom stereocenters. The molecule has 37 heavy (non-hydrogen) atoms. The van der Waals surface area contributed by atoms with Gasteiger partial charge in [0.25, 0.3) is 6.43 Å². The van der Waals surface area contributed by atoms with E-state index in [1.165, 1.54) is 29.9 Å². The number of ether oxygens (including phenoxy) is 1. The van der Waals surface area contributed by atoms with E-state index in [9.17, 15) is 27.1 Å². The zero-order valence-electron chi connectivity index (χ0n) is 20.0. The van der Waals surface area contributed by atoms with Crippen LogP contribution in [0.3, 0.4) is 0 Å². The van der Waals surface area contributed by atoms with E-state index in [2.05, 4.69) is 10.2 Å². The van der Waals surface area contributed by atoms with Gasteiger partial charge in [0.2, 0.25) is 6.43 Å². The first-order valence-electron chi connectivity index (χ1n) is 11.5. The molecule has 0 saturated heterocycles. The zero-order valence-corrected chi connectivity index (χ0v) is 20.0. The topological polar surface area (TPSA) is 65.1 Å². The molecule has 0 saturated carbocycles. The molecule has 1 unspecified atom stereocenters. The van der Waals surface area contributed by atoms with Crippen LogP contribution in [0.4, 0.5) is 22.0 Å². The second-order valence-electron chi connectivity index (χ2n) is 8.53. The van der Waals surface area contributed by atoms with E-state index < -0.39 is 43.0 Å². The van der Waals surface area contributed by atoms with Crippen LogP contribution in [0.15, 0.2) is 60.7 Å². The maximum absolute atomic E-state index is 14.3. The van der Waals surface area contributed by atoms with Crippen molar-refractivity contribution >= 4 is 0 Å². The molecule has 0 spiro atoms. The predicted octanol–water partition coefficient (Wildman–Crippen LogP) is 5.85. The summed E-state index contributed by atoms with van der Waals surface area (Å²) in [5, 5.41) is 19.1. The standard InChI is InChI=1S/C26H25F5N4O2/c1-15(37-14-16-6-4-3-5-7-16)19-10-17(27)8-9-21(19)35-23(13-20(33-35)26(30)31)25(36)22-11-18(12-24(28)29)32-34(22)2/h3-11,13,15,24-26,36H,12,14H2,1-2H3/t15-,25?/m1/s1. The summed E-state index contributed by atoms with van der Waals surface area (Å²) in [6.07, 6.45) is -8.44. The summed E-state index contributed by atoms with van der Waals surface area (Å²) in [5.41, 5.74) is 0.891. The van der Waals surface area contributed by atoms with Gasteiger partial charge < -0.3 is 9.84 Å². The van der Waals surface area contributed by atoms with Crippen molar-refractivity contribution in [1.82, 2.24) is 19.6 Å². The number of benzene rings is 2. The lowest BCUT2D eigenvalue weighted by atomic mass is 10.1. The third kappa shape index (κ3) is 6.05. The number of hydrogen-bond donors (Lipinski definition) is 1. The Hall–Kier alpha value is -3.57. The van der Waals surface area contributed by atoms with Crippen molar-refractivity contribution in [1.29, 1.82) is 0 Å². The van der Waals surface area contributed by atoms with Crippen LogP contribution >= 0.6 is 0 Å². The van der Waals surface area contributed by atoms with Crippen molar-refractivity contribution < 1.29 is 31.8 Å². The van der Waals surface area contributed by atoms with E-state index in [0.717, 1.165) is 22.4 Å². The first-order chi connectivity index (χ1) is 17.6. The van der Waals surface area contributed by atoms with Crippen molar-refractivity contribution in [3.63, 3.8) is 0 Å². The van der Waals surface area contributed by atoms with Gasteiger partial charge in [-0.15, -0.1) is 0 Å². The van der Waals surface area contributed by atoms with Gasteiger partial charge in [-0.25, -0.2) is 26.6 Å². The zero-order chi connectivity index (χ0) is 26.7. The minimum atomic E-state index is -2.95. The second kappa shape index (κ2) is 11.2. The predicted molar refractivity (Wildman–Crippen MR) is 125 cm³/mol. The summed E-state index contributed by atoms with van der Waals surface area (Å²) in [5.74, 6) is -0.569. The van der Waals surface area contributed by atoms with Crippen LogP contribution in [0.2, 0.25) is 0 Å². The van der Waals surface area contributed by atoms with Gasteiger partial charge in [-0.2, -0.15) is 10.2 Å². The van der Waals surface area contributed by atoms with E-state index in [0.29, 0.717) is 5.56 Å². The smallest absolute Gasteiger partial charge is 0.282 e. The SMILES string of the molecule is C[C@@H](OCc1ccccc1)c1cc(F)ccc1-n1nc(C(F)F)cc1C(O)c1cc(CC(F)F)nn1C. The number of hydrogen-bond acceptors (Lipinski definition) is 4. The monoisotopic (exact) mass is 520 g/mol. The fourth-order valence-corrected chi connectivity index (χ4v) is 4.05. The van der Waals surface area contributed by atoms with Crippen LogP contribution in [0.25, 0.3) is 5.69 Å². The van der Waals surface area contributed by atoms with Gasteiger partial charge in [-0.05, 0) is 42.8 Å². The molecular formula is C26H25F5N4O2. The first kappa shape index (κ1) is 26.5. The highest BCUT2D eigenvalue weighted by Gasteiger charge is 2.27. The Labute approximate surface area is 209 Å². The average molecular weight is 521 g/mol. The summed E-state index contributed by atoms with van der Waals surface area (Å²) < 4.78 is 75.5. The summed E-state index contributed by atoms with van der Waals surface area (Å²) in [6, 6.07) is 15.3. The summed E-state index contributed by atoms with van der Waals surface area (Å²) in [6.45, 7) is 1.91. The largest absolute Gasteiger partial charge is 0.380 e. The van der Waals surface area contributed by atoms with Crippen LogP contribution in [-0.2, 0) is 24.8 Å². The van der Waals surface area contributed by atoms with Crippen molar-refractivity contribution in [3.8, 4) is 5.69 Å². The number of aromatic nitrogens is 4. The Bertz CT molecular complexity index is 1340. The third-order valence-corrected chi connectivity index (χ3v) is 5.87. The van der Waals surface area contributed by atoms with Crippen LogP contribution < -0.4 is 0 Å². The van der Waals surface area contributed by atoms with Crippen molar-refractivity contribution in [2.75, 3.05) is 0 Å². The van der Waals surface area contributed by atoms with Gasteiger partial charge in [-0.1, -0.05) is 30.3 Å². The van der Waals surface area contributed by atoms with Crippen LogP contribution in [0, 0.1) is 5.82 Å². The Morgan fingerprint density at radius 3 is 2.35 bits per heavy atom. The Kier molecular flexibility index (Phi) is 8.03. The van der Waals surface area contributed by atoms with Gasteiger partial charge in [0.1, 0.15) is 17.6 Å². The summed E-state index contributed by atoms with van der Waals surface area (Å²) in [7, 11) is 1.45. The minimum absolute atomic E-state index is 0.0390. The molecule has 2 heterocycles. The van der Waals surface area contributed by atoms with Crippen LogP contribution in [0.1, 0.15) is 59.5 Å². The quantitative estimate of drug-likeness (QED) is 0.267. The number of aliphatic hydroxyl groups is 1. The summed E-state index contributed by atoms with van der Waals surface area (Å²) >= 11 is 0. The number of halogens is 5. The molecule has 2 aromatic heterocycles. The molecule has 4 rings (SSSR count). The van der Waals surface area contributed by atoms with E-state index in [4.69, 9.17) is 4.74 Å². The highest BCUT2D eigenvalue weighted by molar-refractivity contribution is 5.45. The fourth-order valence-electron chi connectivity index (χ4n) is 4.05. The molecule has 0 aliphatic heterocycles. The molecule has 0 radical (unpaired) electrons. The van der Waals surface area contributed by atoms with Crippen LogP contribution in [-0.4, -0.2) is 31.1 Å². The average Bonchev–Trinajstić information content (AvgIpc) is 3.46. The Morgan fingerprint density at radius 1 is 0.946 bits per heavy atom. The first-order valence-corrected chi connectivity index (χ1v) is 11.5. The molecule has 11 heteroatoms. The second-order valence-corrected chi connectivity index (χ2v) is 8.53. The van der Waals surface area contributed by atoms with Gasteiger partial charge in [-0.3, -0.25) is 4.68 Å². The number of aliphatic hydroxyl groups excluding tert-OH is 1. The van der Waals surface area contributed by atoms with Gasteiger partial charge >= 0.3 is 0 Å². The maximum atomic E-state index is 14.3. The molecule has 0 bridgehead atoms. The maximum Gasteiger partial charge on any atom is 0.282 e. The minimum Gasteiger partial charge on any atom is -0.380 e. The highest BCUT2D eigenvalue weighted by atomic mass is 19.3. The molecule has 2 aromatic carbocycles. The molecule has 0 fully saturated rings. The summed E-state index contributed by atoms with van der Waals surface area (Å²) in [4.78, 5) is 0. The van der Waals surface area contributed by atoms with Crippen molar-refractivity contribution in [2.24, 2.45) is 7.05 Å². The number of rotatable bonds is 10. The fraction of sp³-hybridized carbons (Fsp3) is 0.308. The van der Waals surface area contributed by atoms with E-state index in [1.54, 1.807) is 6.92 Å². The molecule has 0 aliphatic rings. The Morgan fingerprint density at radius 2 is 1.68 bits per heavy atom. The van der Waals surface area contributed by atoms with Gasteiger partial charge in [0.15, 0.2) is 0 Å². The van der Waals surface area contributed by atoms with Crippen molar-refractivity contribution in [3.05, 3.63) is 100 Å². The highest BCUT2D eigenvalue weighted by Crippen LogP contribution is 2.33. The number of alkyl halides is 4. The third-order valence-electron chi connectivity index (χ3n) is 5.87. The Balaban J connectivity index is 1.74. The van der Waals surface area contributed by atoms with Crippen molar-refractivity contribution in [2.45, 2.75) is 45.0 Å². The number of aryl methyl sites for hydroxylation is 1.